The monoisotopic (exact) mass is 380 g/mol. The molecule has 1 heterocycles. The van der Waals surface area contributed by atoms with Crippen molar-refractivity contribution in [3.63, 3.8) is 0 Å². The van der Waals surface area contributed by atoms with Gasteiger partial charge in [-0.2, -0.15) is 13.2 Å². The second-order valence-corrected chi connectivity index (χ2v) is 5.32. The Morgan fingerprint density at radius 1 is 1.36 bits per heavy atom. The van der Waals surface area contributed by atoms with Crippen LogP contribution in [0.15, 0.2) is 18.2 Å². The molecule has 1 aromatic carbocycles. The number of anilines is 1. The Morgan fingerprint density at radius 3 is 2.60 bits per heavy atom. The van der Waals surface area contributed by atoms with Gasteiger partial charge in [0.05, 0.1) is 17.3 Å². The van der Waals surface area contributed by atoms with Gasteiger partial charge in [-0.15, -0.1) is 11.6 Å². The van der Waals surface area contributed by atoms with E-state index in [1.807, 2.05) is 0 Å². The number of carboxylic acids is 1. The molecule has 1 unspecified atom stereocenters. The van der Waals surface area contributed by atoms with E-state index in [2.05, 4.69) is 0 Å². The first kappa shape index (κ1) is 18.8. The van der Waals surface area contributed by atoms with Crippen molar-refractivity contribution in [3.8, 4) is 5.75 Å². The second kappa shape index (κ2) is 7.18. The molecule has 1 aliphatic rings. The highest BCUT2D eigenvalue weighted by Gasteiger charge is 2.40. The minimum Gasteiger partial charge on any atom is -0.489 e. The van der Waals surface area contributed by atoms with Crippen LogP contribution in [0.3, 0.4) is 0 Å². The summed E-state index contributed by atoms with van der Waals surface area (Å²) >= 11 is 5.54. The first-order chi connectivity index (χ1) is 11.6. The zero-order valence-corrected chi connectivity index (χ0v) is 13.2. The van der Waals surface area contributed by atoms with E-state index < -0.39 is 42.4 Å². The van der Waals surface area contributed by atoms with Crippen LogP contribution in [0.1, 0.15) is 10.4 Å². The van der Waals surface area contributed by atoms with Crippen LogP contribution in [0, 0.1) is 0 Å². The molecule has 2 N–H and O–H groups in total. The van der Waals surface area contributed by atoms with Crippen molar-refractivity contribution >= 4 is 35.1 Å². The summed E-state index contributed by atoms with van der Waals surface area (Å²) in [4.78, 5) is 35.2. The maximum atomic E-state index is 12.3. The summed E-state index contributed by atoms with van der Waals surface area (Å²) in [5.74, 6) is -4.38. The number of amides is 2. The van der Waals surface area contributed by atoms with Crippen molar-refractivity contribution in [2.45, 2.75) is 12.2 Å². The SMILES string of the molecule is O=C(O)c1ccc2c(c1)N(C(=O)CCl)C(CNC(=O)C(F)(F)F)CO2. The van der Waals surface area contributed by atoms with Crippen LogP contribution in [0.25, 0.3) is 0 Å². The van der Waals surface area contributed by atoms with E-state index in [1.54, 1.807) is 5.32 Å². The number of aromatic carboxylic acids is 1. The molecule has 0 saturated carbocycles. The number of ether oxygens (including phenoxy) is 1. The smallest absolute Gasteiger partial charge is 0.471 e. The largest absolute Gasteiger partial charge is 0.489 e. The second-order valence-electron chi connectivity index (χ2n) is 5.06. The summed E-state index contributed by atoms with van der Waals surface area (Å²) in [6, 6.07) is 2.77. The minimum absolute atomic E-state index is 0.0584. The topological polar surface area (TPSA) is 95.9 Å². The molecule has 0 bridgehead atoms. The van der Waals surface area contributed by atoms with Gasteiger partial charge >= 0.3 is 18.1 Å². The van der Waals surface area contributed by atoms with Crippen molar-refractivity contribution in [2.24, 2.45) is 0 Å². The molecule has 25 heavy (non-hydrogen) atoms. The number of alkyl halides is 4. The zero-order chi connectivity index (χ0) is 18.8. The number of hydrogen-bond donors (Lipinski definition) is 2. The summed E-state index contributed by atoms with van der Waals surface area (Å²) < 4.78 is 42.2. The van der Waals surface area contributed by atoms with Crippen molar-refractivity contribution in [1.29, 1.82) is 0 Å². The summed E-state index contributed by atoms with van der Waals surface area (Å²) in [5, 5.41) is 10.7. The third-order valence-corrected chi connectivity index (χ3v) is 3.63. The predicted octanol–water partition coefficient (Wildman–Crippen LogP) is 1.40. The fraction of sp³-hybridized carbons (Fsp3) is 0.357. The molecular weight excluding hydrogens is 369 g/mol. The normalized spacial score (nSPS) is 16.6. The van der Waals surface area contributed by atoms with Crippen molar-refractivity contribution in [2.75, 3.05) is 23.9 Å². The molecule has 136 valence electrons. The van der Waals surface area contributed by atoms with Gasteiger partial charge in [-0.25, -0.2) is 4.79 Å². The van der Waals surface area contributed by atoms with Gasteiger partial charge in [-0.3, -0.25) is 14.5 Å². The summed E-state index contributed by atoms with van der Waals surface area (Å²) in [6.07, 6.45) is -5.06. The number of halogens is 4. The van der Waals surface area contributed by atoms with E-state index in [1.165, 1.54) is 12.1 Å². The van der Waals surface area contributed by atoms with Crippen LogP contribution in [0.2, 0.25) is 0 Å². The van der Waals surface area contributed by atoms with E-state index >= 15 is 0 Å². The first-order valence-corrected chi connectivity index (χ1v) is 7.41. The predicted molar refractivity (Wildman–Crippen MR) is 80.0 cm³/mol. The molecule has 1 aliphatic heterocycles. The lowest BCUT2D eigenvalue weighted by molar-refractivity contribution is -0.173. The molecule has 0 spiro atoms. The standard InChI is InChI=1S/C14H12ClF3N2O5/c15-4-11(21)20-8(5-19-13(24)14(16,17)18)6-25-10-2-1-7(12(22)23)3-9(10)20/h1-3,8H,4-6H2,(H,19,24)(H,22,23). The average molecular weight is 381 g/mol. The Kier molecular flexibility index (Phi) is 5.41. The number of nitrogens with one attached hydrogen (secondary N) is 1. The summed E-state index contributed by atoms with van der Waals surface area (Å²) in [5.41, 5.74) is -0.0854. The fourth-order valence-electron chi connectivity index (χ4n) is 2.28. The highest BCUT2D eigenvalue weighted by molar-refractivity contribution is 6.29. The Balaban J connectivity index is 2.30. The maximum Gasteiger partial charge on any atom is 0.471 e. The van der Waals surface area contributed by atoms with E-state index in [0.717, 1.165) is 11.0 Å². The molecule has 0 saturated heterocycles. The van der Waals surface area contributed by atoms with Crippen molar-refractivity contribution in [1.82, 2.24) is 5.32 Å². The zero-order valence-electron chi connectivity index (χ0n) is 12.5. The number of hydrogen-bond acceptors (Lipinski definition) is 4. The molecule has 7 nitrogen and oxygen atoms in total. The third kappa shape index (κ3) is 4.13. The third-order valence-electron chi connectivity index (χ3n) is 3.40. The Bertz CT molecular complexity index is 710. The lowest BCUT2D eigenvalue weighted by atomic mass is 10.1. The van der Waals surface area contributed by atoms with Gasteiger partial charge in [0.25, 0.3) is 0 Å². The fourth-order valence-corrected chi connectivity index (χ4v) is 2.41. The van der Waals surface area contributed by atoms with Crippen LogP contribution in [0.4, 0.5) is 18.9 Å². The van der Waals surface area contributed by atoms with Crippen LogP contribution >= 0.6 is 11.6 Å². The van der Waals surface area contributed by atoms with Crippen LogP contribution in [0.5, 0.6) is 5.75 Å². The number of benzene rings is 1. The van der Waals surface area contributed by atoms with E-state index in [4.69, 9.17) is 21.4 Å². The Morgan fingerprint density at radius 2 is 2.04 bits per heavy atom. The molecule has 2 amide bonds. The average Bonchev–Trinajstić information content (AvgIpc) is 2.56. The molecule has 1 aromatic rings. The summed E-state index contributed by atoms with van der Waals surface area (Å²) in [6.45, 7) is -0.738. The summed E-state index contributed by atoms with van der Waals surface area (Å²) in [7, 11) is 0. The van der Waals surface area contributed by atoms with Gasteiger partial charge in [-0.05, 0) is 18.2 Å². The quantitative estimate of drug-likeness (QED) is 0.770. The highest BCUT2D eigenvalue weighted by Crippen LogP contribution is 2.35. The van der Waals surface area contributed by atoms with Gasteiger partial charge in [0.2, 0.25) is 5.91 Å². The molecule has 11 heteroatoms. The number of carboxylic acid groups (broad SMARTS) is 1. The van der Waals surface area contributed by atoms with Crippen molar-refractivity contribution in [3.05, 3.63) is 23.8 Å². The van der Waals surface area contributed by atoms with E-state index in [0.29, 0.717) is 0 Å². The van der Waals surface area contributed by atoms with Gasteiger partial charge < -0.3 is 15.2 Å². The van der Waals surface area contributed by atoms with Crippen molar-refractivity contribution < 1.29 is 37.4 Å². The Hall–Kier alpha value is -2.49. The van der Waals surface area contributed by atoms with E-state index in [9.17, 15) is 27.6 Å². The van der Waals surface area contributed by atoms with E-state index in [-0.39, 0.29) is 23.6 Å². The Labute approximate surface area is 144 Å². The molecule has 1 atom stereocenters. The minimum atomic E-state index is -5.06. The lowest BCUT2D eigenvalue weighted by Crippen LogP contribution is -2.54. The van der Waals surface area contributed by atoms with Crippen LogP contribution < -0.4 is 15.0 Å². The molecule has 0 aromatic heterocycles. The first-order valence-electron chi connectivity index (χ1n) is 6.88. The lowest BCUT2D eigenvalue weighted by Gasteiger charge is -2.37. The van der Waals surface area contributed by atoms with Gasteiger partial charge in [0.15, 0.2) is 0 Å². The van der Waals surface area contributed by atoms with Crippen LogP contribution in [-0.4, -0.2) is 54.1 Å². The maximum absolute atomic E-state index is 12.3. The molecule has 0 radical (unpaired) electrons. The highest BCUT2D eigenvalue weighted by atomic mass is 35.5. The van der Waals surface area contributed by atoms with Gasteiger partial charge in [0.1, 0.15) is 18.2 Å². The van der Waals surface area contributed by atoms with Gasteiger partial charge in [0, 0.05) is 6.54 Å². The number of carbonyl (C=O) groups is 3. The molecule has 0 aliphatic carbocycles. The molecular formula is C14H12ClF3N2O5. The van der Waals surface area contributed by atoms with Crippen LogP contribution in [-0.2, 0) is 9.59 Å². The number of carbonyl (C=O) groups excluding carboxylic acids is 2. The number of rotatable bonds is 4. The molecule has 2 rings (SSSR count). The number of nitrogens with zero attached hydrogens (tertiary/aromatic N) is 1. The molecule has 0 fully saturated rings. The number of fused-ring (bicyclic) bond motifs is 1. The van der Waals surface area contributed by atoms with Gasteiger partial charge in [-0.1, -0.05) is 0 Å².